The van der Waals surface area contributed by atoms with Crippen molar-refractivity contribution in [3.05, 3.63) is 57.3 Å². The lowest BCUT2D eigenvalue weighted by molar-refractivity contribution is 0.102. The highest BCUT2D eigenvalue weighted by Gasteiger charge is 2.11. The van der Waals surface area contributed by atoms with Gasteiger partial charge in [-0.3, -0.25) is 4.79 Å². The summed E-state index contributed by atoms with van der Waals surface area (Å²) in [6.45, 7) is 3.90. The molecule has 0 unspecified atom stereocenters. The van der Waals surface area contributed by atoms with Gasteiger partial charge >= 0.3 is 0 Å². The first-order valence-corrected chi connectivity index (χ1v) is 6.81. The van der Waals surface area contributed by atoms with Crippen molar-refractivity contribution >= 4 is 33.2 Å². The number of carbonyl (C=O) groups excluding carboxylic acids is 1. The Balaban J connectivity index is 2.27. The van der Waals surface area contributed by atoms with Gasteiger partial charge in [0, 0.05) is 5.56 Å². The lowest BCUT2D eigenvalue weighted by Gasteiger charge is -2.11. The minimum absolute atomic E-state index is 0.248. The molecule has 0 heterocycles. The van der Waals surface area contributed by atoms with Crippen LogP contribution in [0.4, 0.5) is 15.8 Å². The number of nitrogen functional groups attached to an aromatic ring is 1. The summed E-state index contributed by atoms with van der Waals surface area (Å²) >= 11 is 3.06. The van der Waals surface area contributed by atoms with Crippen LogP contribution in [-0.4, -0.2) is 5.91 Å². The van der Waals surface area contributed by atoms with Gasteiger partial charge in [0.1, 0.15) is 5.82 Å². The zero-order valence-corrected chi connectivity index (χ0v) is 12.7. The Labute approximate surface area is 125 Å². The molecule has 104 valence electrons. The molecule has 5 heteroatoms. The molecular formula is C15H14BrFN2O. The van der Waals surface area contributed by atoms with Crippen LogP contribution in [0.1, 0.15) is 21.5 Å². The molecular weight excluding hydrogens is 323 g/mol. The second kappa shape index (κ2) is 5.63. The van der Waals surface area contributed by atoms with E-state index in [1.807, 2.05) is 26.0 Å². The smallest absolute Gasteiger partial charge is 0.255 e. The molecule has 1 amide bonds. The summed E-state index contributed by atoms with van der Waals surface area (Å²) < 4.78 is 13.4. The molecule has 20 heavy (non-hydrogen) atoms. The topological polar surface area (TPSA) is 55.1 Å². The molecule has 0 aliphatic heterocycles. The maximum absolute atomic E-state index is 13.2. The van der Waals surface area contributed by atoms with Crippen LogP contribution in [0.2, 0.25) is 0 Å². The van der Waals surface area contributed by atoms with Gasteiger partial charge in [-0.05, 0) is 71.2 Å². The monoisotopic (exact) mass is 336 g/mol. The van der Waals surface area contributed by atoms with Gasteiger partial charge in [0.05, 0.1) is 15.8 Å². The summed E-state index contributed by atoms with van der Waals surface area (Å²) in [5.74, 6) is -0.743. The summed E-state index contributed by atoms with van der Waals surface area (Å²) in [6, 6.07) is 7.73. The van der Waals surface area contributed by atoms with Crippen LogP contribution >= 0.6 is 15.9 Å². The lowest BCUT2D eigenvalue weighted by atomic mass is 10.1. The molecule has 0 bridgehead atoms. The maximum Gasteiger partial charge on any atom is 0.255 e. The number of anilines is 2. The molecule has 0 aliphatic carbocycles. The highest BCUT2D eigenvalue weighted by Crippen LogP contribution is 2.24. The van der Waals surface area contributed by atoms with Crippen molar-refractivity contribution < 1.29 is 9.18 Å². The van der Waals surface area contributed by atoms with Gasteiger partial charge in [0.2, 0.25) is 0 Å². The predicted octanol–water partition coefficient (Wildman–Crippen LogP) is 4.04. The van der Waals surface area contributed by atoms with E-state index in [1.165, 1.54) is 18.2 Å². The molecule has 0 fully saturated rings. The second-order valence-corrected chi connectivity index (χ2v) is 5.46. The molecule has 3 N–H and O–H groups in total. The molecule has 0 radical (unpaired) electrons. The first-order valence-electron chi connectivity index (χ1n) is 6.01. The molecule has 2 aromatic rings. The van der Waals surface area contributed by atoms with Crippen LogP contribution in [0.25, 0.3) is 0 Å². The van der Waals surface area contributed by atoms with Crippen LogP contribution in [0, 0.1) is 19.7 Å². The summed E-state index contributed by atoms with van der Waals surface area (Å²) in [7, 11) is 0. The van der Waals surface area contributed by atoms with Gasteiger partial charge in [0.15, 0.2) is 0 Å². The van der Waals surface area contributed by atoms with Crippen molar-refractivity contribution in [2.24, 2.45) is 0 Å². The van der Waals surface area contributed by atoms with Crippen molar-refractivity contribution in [1.82, 2.24) is 0 Å². The molecule has 2 aromatic carbocycles. The standard InChI is InChI=1S/C15H14BrFN2O/c1-8-5-13(18)14(6-9(8)2)19-15(20)10-3-4-12(17)11(16)7-10/h3-7H,18H2,1-2H3,(H,19,20). The highest BCUT2D eigenvalue weighted by atomic mass is 79.9. The number of nitrogens with one attached hydrogen (secondary N) is 1. The van der Waals surface area contributed by atoms with Crippen molar-refractivity contribution in [3.8, 4) is 0 Å². The van der Waals surface area contributed by atoms with Crippen molar-refractivity contribution in [2.75, 3.05) is 11.1 Å². The molecule has 0 saturated heterocycles. The number of hydrogen-bond donors (Lipinski definition) is 2. The normalized spacial score (nSPS) is 10.4. The third kappa shape index (κ3) is 2.99. The zero-order valence-electron chi connectivity index (χ0n) is 11.1. The average Bonchev–Trinajstić information content (AvgIpc) is 2.39. The van der Waals surface area contributed by atoms with Crippen LogP contribution < -0.4 is 11.1 Å². The van der Waals surface area contributed by atoms with Crippen molar-refractivity contribution in [1.29, 1.82) is 0 Å². The predicted molar refractivity (Wildman–Crippen MR) is 82.4 cm³/mol. The Hall–Kier alpha value is -1.88. The number of hydrogen-bond acceptors (Lipinski definition) is 2. The fourth-order valence-electron chi connectivity index (χ4n) is 1.78. The van der Waals surface area contributed by atoms with E-state index in [0.717, 1.165) is 11.1 Å². The Bertz CT molecular complexity index is 686. The number of amides is 1. The maximum atomic E-state index is 13.2. The fourth-order valence-corrected chi connectivity index (χ4v) is 2.16. The average molecular weight is 337 g/mol. The molecule has 3 nitrogen and oxygen atoms in total. The van der Waals surface area contributed by atoms with Crippen LogP contribution in [0.15, 0.2) is 34.8 Å². The minimum atomic E-state index is -0.410. The molecule has 0 aromatic heterocycles. The van der Waals surface area contributed by atoms with Crippen LogP contribution in [-0.2, 0) is 0 Å². The number of halogens is 2. The van der Waals surface area contributed by atoms with E-state index < -0.39 is 5.82 Å². The fraction of sp³-hybridized carbons (Fsp3) is 0.133. The van der Waals surface area contributed by atoms with Gasteiger partial charge in [-0.15, -0.1) is 0 Å². The molecule has 0 spiro atoms. The first kappa shape index (κ1) is 14.5. The van der Waals surface area contributed by atoms with E-state index in [1.54, 1.807) is 0 Å². The van der Waals surface area contributed by atoms with E-state index in [2.05, 4.69) is 21.2 Å². The largest absolute Gasteiger partial charge is 0.397 e. The van der Waals surface area contributed by atoms with Gasteiger partial charge in [-0.25, -0.2) is 4.39 Å². The molecule has 0 saturated carbocycles. The molecule has 0 atom stereocenters. The van der Waals surface area contributed by atoms with E-state index >= 15 is 0 Å². The number of rotatable bonds is 2. The van der Waals surface area contributed by atoms with E-state index in [9.17, 15) is 9.18 Å². The highest BCUT2D eigenvalue weighted by molar-refractivity contribution is 9.10. The Morgan fingerprint density at radius 3 is 2.50 bits per heavy atom. The first-order chi connectivity index (χ1) is 9.38. The minimum Gasteiger partial charge on any atom is -0.397 e. The Morgan fingerprint density at radius 1 is 1.20 bits per heavy atom. The Morgan fingerprint density at radius 2 is 1.85 bits per heavy atom. The van der Waals surface area contributed by atoms with Crippen LogP contribution in [0.3, 0.4) is 0 Å². The summed E-state index contributed by atoms with van der Waals surface area (Å²) in [6.07, 6.45) is 0. The number of aryl methyl sites for hydroxylation is 2. The second-order valence-electron chi connectivity index (χ2n) is 4.61. The number of benzene rings is 2. The molecule has 0 aliphatic rings. The van der Waals surface area contributed by atoms with Crippen LogP contribution in [0.5, 0.6) is 0 Å². The summed E-state index contributed by atoms with van der Waals surface area (Å²) in [5, 5.41) is 2.73. The van der Waals surface area contributed by atoms with Gasteiger partial charge in [-0.2, -0.15) is 0 Å². The zero-order chi connectivity index (χ0) is 14.9. The van der Waals surface area contributed by atoms with Gasteiger partial charge in [-0.1, -0.05) is 0 Å². The Kier molecular flexibility index (Phi) is 4.09. The summed E-state index contributed by atoms with van der Waals surface area (Å²) in [4.78, 5) is 12.1. The quantitative estimate of drug-likeness (QED) is 0.813. The van der Waals surface area contributed by atoms with Crippen molar-refractivity contribution in [3.63, 3.8) is 0 Å². The third-order valence-electron chi connectivity index (χ3n) is 3.10. The number of nitrogens with two attached hydrogens (primary N) is 1. The lowest BCUT2D eigenvalue weighted by Crippen LogP contribution is -2.13. The number of carbonyl (C=O) groups is 1. The molecule has 2 rings (SSSR count). The summed E-state index contributed by atoms with van der Waals surface area (Å²) in [5.41, 5.74) is 9.40. The van der Waals surface area contributed by atoms with Crippen molar-refractivity contribution in [2.45, 2.75) is 13.8 Å². The third-order valence-corrected chi connectivity index (χ3v) is 3.70. The van der Waals surface area contributed by atoms with E-state index in [0.29, 0.717) is 16.9 Å². The van der Waals surface area contributed by atoms with E-state index in [-0.39, 0.29) is 10.4 Å². The van der Waals surface area contributed by atoms with Gasteiger partial charge in [0.25, 0.3) is 5.91 Å². The SMILES string of the molecule is Cc1cc(N)c(NC(=O)c2ccc(F)c(Br)c2)cc1C. The van der Waals surface area contributed by atoms with E-state index in [4.69, 9.17) is 5.73 Å². The van der Waals surface area contributed by atoms with Gasteiger partial charge < -0.3 is 11.1 Å².